The van der Waals surface area contributed by atoms with Crippen LogP contribution in [0.4, 0.5) is 0 Å². The van der Waals surface area contributed by atoms with Crippen LogP contribution in [0.15, 0.2) is 60.7 Å². The van der Waals surface area contributed by atoms with Gasteiger partial charge in [-0.2, -0.15) is 0 Å². The summed E-state index contributed by atoms with van der Waals surface area (Å²) in [5, 5.41) is 12.2. The summed E-state index contributed by atoms with van der Waals surface area (Å²) >= 11 is 0. The molecule has 0 spiro atoms. The second-order valence-electron chi connectivity index (χ2n) is 14.3. The second-order valence-corrected chi connectivity index (χ2v) is 14.3. The van der Waals surface area contributed by atoms with Crippen LogP contribution in [0, 0.1) is 34.0 Å². The molecule has 2 aromatic rings. The zero-order valence-electron chi connectivity index (χ0n) is 27.1. The molecule has 0 aromatic heterocycles. The second kappa shape index (κ2) is 13.9. The summed E-state index contributed by atoms with van der Waals surface area (Å²) < 4.78 is 18.4. The summed E-state index contributed by atoms with van der Waals surface area (Å²) in [6.45, 7) is 10.0. The molecule has 44 heavy (non-hydrogen) atoms. The van der Waals surface area contributed by atoms with Crippen LogP contribution in [0.3, 0.4) is 0 Å². The Morgan fingerprint density at radius 2 is 1.59 bits per heavy atom. The number of aliphatic hydroxyl groups is 1. The molecule has 1 unspecified atom stereocenters. The molecular weight excluding hydrogens is 552 g/mol. The first-order chi connectivity index (χ1) is 21.1. The molecule has 2 bridgehead atoms. The molecule has 1 N–H and O–H groups in total. The normalized spacial score (nSPS) is 35.1. The fourth-order valence-corrected chi connectivity index (χ4v) is 9.32. The molecule has 0 aliphatic heterocycles. The Morgan fingerprint density at radius 3 is 2.23 bits per heavy atom. The number of hydrogen-bond acceptors (Lipinski definition) is 6. The third-order valence-electron chi connectivity index (χ3n) is 12.0. The van der Waals surface area contributed by atoms with Crippen molar-refractivity contribution in [1.29, 1.82) is 0 Å². The Bertz CT molecular complexity index is 1250. The Balaban J connectivity index is 1.30. The highest BCUT2D eigenvalue weighted by atomic mass is 16.7. The number of carbonyl (C=O) groups is 2. The molecule has 6 nitrogen and oxygen atoms in total. The number of ketones is 2. The molecule has 3 saturated carbocycles. The van der Waals surface area contributed by atoms with Gasteiger partial charge in [0.2, 0.25) is 0 Å². The van der Waals surface area contributed by atoms with Crippen molar-refractivity contribution in [2.24, 2.45) is 34.0 Å². The van der Waals surface area contributed by atoms with Gasteiger partial charge in [-0.1, -0.05) is 88.4 Å². The van der Waals surface area contributed by atoms with Crippen molar-refractivity contribution < 1.29 is 28.9 Å². The van der Waals surface area contributed by atoms with Crippen LogP contribution in [-0.2, 0) is 37.0 Å². The smallest absolute Gasteiger partial charge is 0.158 e. The highest BCUT2D eigenvalue weighted by Gasteiger charge is 2.68. The summed E-state index contributed by atoms with van der Waals surface area (Å²) in [4.78, 5) is 26.8. The van der Waals surface area contributed by atoms with Crippen molar-refractivity contribution in [2.75, 3.05) is 13.4 Å². The van der Waals surface area contributed by atoms with E-state index in [9.17, 15) is 14.7 Å². The van der Waals surface area contributed by atoms with Gasteiger partial charge in [0, 0.05) is 24.2 Å². The van der Waals surface area contributed by atoms with Crippen LogP contribution in [0.5, 0.6) is 0 Å². The molecule has 5 rings (SSSR count). The van der Waals surface area contributed by atoms with Crippen LogP contribution in [0.25, 0.3) is 0 Å². The molecule has 240 valence electrons. The van der Waals surface area contributed by atoms with Crippen LogP contribution >= 0.6 is 0 Å². The van der Waals surface area contributed by atoms with Crippen LogP contribution in [0.2, 0.25) is 0 Å². The van der Waals surface area contributed by atoms with E-state index in [2.05, 4.69) is 27.7 Å². The average molecular weight is 605 g/mol. The molecule has 0 amide bonds. The lowest BCUT2D eigenvalue weighted by Crippen LogP contribution is -2.63. The molecule has 3 aliphatic rings. The van der Waals surface area contributed by atoms with E-state index in [-0.39, 0.29) is 59.7 Å². The minimum Gasteiger partial charge on any atom is -0.393 e. The molecule has 0 radical (unpaired) electrons. The van der Waals surface area contributed by atoms with Gasteiger partial charge in [-0.3, -0.25) is 9.59 Å². The quantitative estimate of drug-likeness (QED) is 0.191. The van der Waals surface area contributed by atoms with E-state index in [4.69, 9.17) is 14.2 Å². The predicted octanol–water partition coefficient (Wildman–Crippen LogP) is 7.31. The topological polar surface area (TPSA) is 82.1 Å². The van der Waals surface area contributed by atoms with E-state index >= 15 is 0 Å². The third kappa shape index (κ3) is 6.46. The summed E-state index contributed by atoms with van der Waals surface area (Å²) in [6, 6.07) is 20.0. The van der Waals surface area contributed by atoms with E-state index < -0.39 is 11.5 Å². The molecule has 0 heterocycles. The third-order valence-corrected chi connectivity index (χ3v) is 12.0. The zero-order valence-corrected chi connectivity index (χ0v) is 27.1. The predicted molar refractivity (Wildman–Crippen MR) is 170 cm³/mol. The summed E-state index contributed by atoms with van der Waals surface area (Å²) in [5.74, 6) is 0.344. The van der Waals surface area contributed by atoms with E-state index in [1.165, 1.54) is 0 Å². The van der Waals surface area contributed by atoms with Gasteiger partial charge in [-0.05, 0) is 72.3 Å². The molecular formula is C38H52O6. The molecule has 3 fully saturated rings. The van der Waals surface area contributed by atoms with Crippen molar-refractivity contribution in [3.8, 4) is 0 Å². The Hall–Kier alpha value is -2.38. The van der Waals surface area contributed by atoms with E-state index in [1.54, 1.807) is 0 Å². The van der Waals surface area contributed by atoms with Gasteiger partial charge in [0.15, 0.2) is 5.78 Å². The van der Waals surface area contributed by atoms with E-state index in [0.29, 0.717) is 38.9 Å². The fraction of sp³-hybridized carbons (Fsp3) is 0.632. The highest BCUT2D eigenvalue weighted by Crippen LogP contribution is 2.68. The summed E-state index contributed by atoms with van der Waals surface area (Å²) in [6.07, 6.45) is 4.88. The van der Waals surface area contributed by atoms with Gasteiger partial charge in [-0.25, -0.2) is 0 Å². The summed E-state index contributed by atoms with van der Waals surface area (Å²) in [5.41, 5.74) is 1.05. The van der Waals surface area contributed by atoms with Crippen LogP contribution in [-0.4, -0.2) is 42.3 Å². The first kappa shape index (κ1) is 33.0. The lowest BCUT2D eigenvalue weighted by Gasteiger charge is -2.62. The maximum Gasteiger partial charge on any atom is 0.158 e. The minimum atomic E-state index is -0.669. The van der Waals surface area contributed by atoms with Gasteiger partial charge in [0.1, 0.15) is 19.2 Å². The van der Waals surface area contributed by atoms with Crippen LogP contribution < -0.4 is 0 Å². The average Bonchev–Trinajstić information content (AvgIpc) is 3.39. The fourth-order valence-electron chi connectivity index (χ4n) is 9.32. The molecule has 3 aliphatic carbocycles. The number of ether oxygens (including phenoxy) is 3. The monoisotopic (exact) mass is 604 g/mol. The maximum absolute atomic E-state index is 13.8. The number of hydrogen-bond donors (Lipinski definition) is 1. The highest BCUT2D eigenvalue weighted by molar-refractivity contribution is 5.85. The van der Waals surface area contributed by atoms with Crippen molar-refractivity contribution in [3.63, 3.8) is 0 Å². The SMILES string of the molecule is CC[C@@]1(C)C[C@@H](O)[C@@]2(C)C3C(=O)CC[C@@]3(CC[C@H]2CCC(=O)COCc2ccccc2)[C@@H](C)[C@@H]1OCOCc1ccccc1. The van der Waals surface area contributed by atoms with Gasteiger partial charge in [-0.15, -0.1) is 0 Å². The minimum absolute atomic E-state index is 0.0789. The Labute approximate surface area is 263 Å². The molecule has 6 heteroatoms. The first-order valence-electron chi connectivity index (χ1n) is 16.7. The summed E-state index contributed by atoms with van der Waals surface area (Å²) in [7, 11) is 0. The van der Waals surface area contributed by atoms with Gasteiger partial charge in [0.25, 0.3) is 0 Å². The molecule has 2 aromatic carbocycles. The van der Waals surface area contributed by atoms with Gasteiger partial charge in [0.05, 0.1) is 25.4 Å². The lowest BCUT2D eigenvalue weighted by molar-refractivity contribution is -0.229. The number of aliphatic hydroxyl groups excluding tert-OH is 1. The Kier molecular flexibility index (Phi) is 10.5. The van der Waals surface area contributed by atoms with Crippen molar-refractivity contribution in [3.05, 3.63) is 71.8 Å². The number of rotatable bonds is 13. The number of carbonyl (C=O) groups excluding carboxylic acids is 2. The van der Waals surface area contributed by atoms with E-state index in [1.807, 2.05) is 60.7 Å². The molecule has 0 saturated heterocycles. The van der Waals surface area contributed by atoms with E-state index in [0.717, 1.165) is 36.8 Å². The number of benzene rings is 2. The lowest BCUT2D eigenvalue weighted by atomic mass is 9.43. The largest absolute Gasteiger partial charge is 0.393 e. The Morgan fingerprint density at radius 1 is 0.955 bits per heavy atom. The standard InChI is InChI=1S/C38H52O6/c1-5-36(3)22-33(41)37(4)30(16-17-31(39)25-42-23-28-12-8-6-9-13-28)18-20-38(21-19-32(40)34(37)38)27(2)35(36)44-26-43-24-29-14-10-7-11-15-29/h6-15,27,30,33-35,41H,5,16-26H2,1-4H3/t27-,30+,33+,34?,35-,36-,37-,38-/m0/s1. The van der Waals surface area contributed by atoms with Gasteiger partial charge >= 0.3 is 0 Å². The molecule has 8 atom stereocenters. The number of Topliss-reactive ketones (excluding diaryl/α,β-unsaturated/α-hetero) is 2. The van der Waals surface area contributed by atoms with Crippen molar-refractivity contribution in [2.45, 2.75) is 104 Å². The first-order valence-corrected chi connectivity index (χ1v) is 16.7. The van der Waals surface area contributed by atoms with Crippen molar-refractivity contribution >= 4 is 11.6 Å². The van der Waals surface area contributed by atoms with Gasteiger partial charge < -0.3 is 19.3 Å². The van der Waals surface area contributed by atoms with Crippen LogP contribution in [0.1, 0.15) is 90.2 Å². The zero-order chi connectivity index (χ0) is 31.4. The maximum atomic E-state index is 13.8. The van der Waals surface area contributed by atoms with Crippen molar-refractivity contribution in [1.82, 2.24) is 0 Å².